The van der Waals surface area contributed by atoms with Crippen LogP contribution in [0.4, 0.5) is 5.82 Å². The van der Waals surface area contributed by atoms with Gasteiger partial charge in [0.05, 0.1) is 17.0 Å². The Morgan fingerprint density at radius 3 is 2.30 bits per heavy atom. The third kappa shape index (κ3) is 7.26. The quantitative estimate of drug-likeness (QED) is 0.414. The van der Waals surface area contributed by atoms with Gasteiger partial charge in [0.2, 0.25) is 11.8 Å². The monoisotopic (exact) mass is 515 g/mol. The number of hydrogen-bond donors (Lipinski definition) is 1. The van der Waals surface area contributed by atoms with E-state index in [-0.39, 0.29) is 30.1 Å². The Morgan fingerprint density at radius 1 is 1.14 bits per heavy atom. The molecular weight excluding hydrogens is 474 g/mol. The predicted molar refractivity (Wildman–Crippen MR) is 139 cm³/mol. The molecule has 3 rings (SSSR count). The first-order chi connectivity index (χ1) is 17.5. The molecule has 2 aliphatic heterocycles. The number of nitrogens with one attached hydrogen (secondary N) is 1. The lowest BCUT2D eigenvalue weighted by molar-refractivity contribution is -0.170. The molecule has 0 aliphatic carbocycles. The fourth-order valence-electron chi connectivity index (χ4n) is 4.95. The van der Waals surface area contributed by atoms with Crippen molar-refractivity contribution in [2.75, 3.05) is 38.1 Å². The van der Waals surface area contributed by atoms with Crippen molar-refractivity contribution in [3.05, 3.63) is 17.8 Å². The van der Waals surface area contributed by atoms with Crippen LogP contribution in [-0.2, 0) is 23.9 Å². The SMILES string of the molecule is CNC(=O)C(CCC=O)c1ccc(N2CCC(C(=O)N3CCC(C)(C(=O)OC(C)(C)C)CC3)CC2)nn1. The zero-order chi connectivity index (χ0) is 27.2. The average Bonchev–Trinajstić information content (AvgIpc) is 2.88. The van der Waals surface area contributed by atoms with E-state index < -0.39 is 16.9 Å². The van der Waals surface area contributed by atoms with Crippen molar-refractivity contribution >= 4 is 29.9 Å². The van der Waals surface area contributed by atoms with Gasteiger partial charge in [0.15, 0.2) is 5.82 Å². The number of carbonyl (C=O) groups excluding carboxylic acids is 4. The second-order valence-electron chi connectivity index (χ2n) is 11.4. The van der Waals surface area contributed by atoms with Crippen molar-refractivity contribution in [3.8, 4) is 0 Å². The van der Waals surface area contributed by atoms with Gasteiger partial charge >= 0.3 is 5.97 Å². The Kier molecular flexibility index (Phi) is 9.26. The minimum Gasteiger partial charge on any atom is -0.460 e. The van der Waals surface area contributed by atoms with Crippen LogP contribution in [0.1, 0.15) is 77.8 Å². The molecule has 0 radical (unpaired) electrons. The van der Waals surface area contributed by atoms with Crippen LogP contribution in [0.3, 0.4) is 0 Å². The molecule has 1 aromatic rings. The Labute approximate surface area is 219 Å². The van der Waals surface area contributed by atoms with Gasteiger partial charge < -0.3 is 24.6 Å². The molecule has 0 spiro atoms. The second-order valence-corrected chi connectivity index (χ2v) is 11.4. The Morgan fingerprint density at radius 2 is 1.78 bits per heavy atom. The predicted octanol–water partition coefficient (Wildman–Crippen LogP) is 2.47. The van der Waals surface area contributed by atoms with E-state index in [0.717, 1.165) is 19.1 Å². The molecule has 2 saturated heterocycles. The van der Waals surface area contributed by atoms with E-state index in [4.69, 9.17) is 4.74 Å². The fourth-order valence-corrected chi connectivity index (χ4v) is 4.95. The number of aldehydes is 1. The third-order valence-electron chi connectivity index (χ3n) is 7.40. The topological polar surface area (TPSA) is 122 Å². The van der Waals surface area contributed by atoms with Gasteiger partial charge in [-0.15, -0.1) is 5.10 Å². The molecule has 2 fully saturated rings. The number of hydrogen-bond acceptors (Lipinski definition) is 8. The summed E-state index contributed by atoms with van der Waals surface area (Å²) in [6, 6.07) is 3.64. The number of anilines is 1. The summed E-state index contributed by atoms with van der Waals surface area (Å²) < 4.78 is 5.61. The standard InChI is InChI=1S/C27H41N5O5/c1-26(2,3)37-25(36)27(4)12-16-32(17-13-27)24(35)19-10-14-31(15-11-19)22-9-8-21(29-30-22)20(7-6-18-33)23(34)28-5/h8-9,18-20H,6-7,10-17H2,1-5H3,(H,28,34). The Balaban J connectivity index is 1.52. The number of carbonyl (C=O) groups is 4. The van der Waals surface area contributed by atoms with Crippen LogP contribution in [0.15, 0.2) is 12.1 Å². The van der Waals surface area contributed by atoms with Crippen molar-refractivity contribution in [3.63, 3.8) is 0 Å². The molecule has 204 valence electrons. The number of ether oxygens (including phenoxy) is 1. The number of aromatic nitrogens is 2. The van der Waals surface area contributed by atoms with Crippen LogP contribution in [0.25, 0.3) is 0 Å². The molecule has 10 nitrogen and oxygen atoms in total. The van der Waals surface area contributed by atoms with Crippen LogP contribution in [0.5, 0.6) is 0 Å². The molecule has 0 aromatic carbocycles. The average molecular weight is 516 g/mol. The largest absolute Gasteiger partial charge is 0.460 e. The van der Waals surface area contributed by atoms with E-state index >= 15 is 0 Å². The number of rotatable bonds is 8. The van der Waals surface area contributed by atoms with Crippen molar-refractivity contribution in [2.45, 2.75) is 77.7 Å². The molecule has 1 unspecified atom stereocenters. The van der Waals surface area contributed by atoms with Crippen molar-refractivity contribution in [1.29, 1.82) is 0 Å². The van der Waals surface area contributed by atoms with E-state index in [1.165, 1.54) is 0 Å². The Hall–Kier alpha value is -3.04. The first-order valence-corrected chi connectivity index (χ1v) is 13.2. The van der Waals surface area contributed by atoms with Crippen molar-refractivity contribution in [1.82, 2.24) is 20.4 Å². The highest BCUT2D eigenvalue weighted by Crippen LogP contribution is 2.35. The molecule has 1 aromatic heterocycles. The van der Waals surface area contributed by atoms with E-state index in [1.807, 2.05) is 38.7 Å². The van der Waals surface area contributed by atoms with Gasteiger partial charge in [-0.2, -0.15) is 5.10 Å². The molecule has 0 bridgehead atoms. The third-order valence-corrected chi connectivity index (χ3v) is 7.40. The number of nitrogens with zero attached hydrogens (tertiary/aromatic N) is 4. The zero-order valence-electron chi connectivity index (χ0n) is 22.8. The van der Waals surface area contributed by atoms with Gasteiger partial charge in [0.1, 0.15) is 11.9 Å². The summed E-state index contributed by atoms with van der Waals surface area (Å²) in [5.74, 6) is -0.0508. The molecule has 2 aliphatic rings. The van der Waals surface area contributed by atoms with Gasteiger partial charge in [-0.1, -0.05) is 0 Å². The zero-order valence-corrected chi connectivity index (χ0v) is 22.8. The van der Waals surface area contributed by atoms with E-state index in [0.29, 0.717) is 57.0 Å². The van der Waals surface area contributed by atoms with Gasteiger partial charge in [0.25, 0.3) is 0 Å². The Bertz CT molecular complexity index is 958. The minimum atomic E-state index is -0.553. The highest BCUT2D eigenvalue weighted by molar-refractivity contribution is 5.83. The molecule has 10 heteroatoms. The summed E-state index contributed by atoms with van der Waals surface area (Å²) in [5.41, 5.74) is -0.533. The van der Waals surface area contributed by atoms with Crippen LogP contribution in [0, 0.1) is 11.3 Å². The van der Waals surface area contributed by atoms with E-state index in [9.17, 15) is 19.2 Å². The highest BCUT2D eigenvalue weighted by Gasteiger charge is 2.42. The smallest absolute Gasteiger partial charge is 0.312 e. The summed E-state index contributed by atoms with van der Waals surface area (Å²) in [5, 5.41) is 11.2. The van der Waals surface area contributed by atoms with Crippen LogP contribution in [0.2, 0.25) is 0 Å². The molecule has 3 heterocycles. The van der Waals surface area contributed by atoms with E-state index in [1.54, 1.807) is 13.1 Å². The molecule has 0 saturated carbocycles. The minimum absolute atomic E-state index is 0.0460. The maximum Gasteiger partial charge on any atom is 0.312 e. The summed E-state index contributed by atoms with van der Waals surface area (Å²) in [7, 11) is 1.56. The lowest BCUT2D eigenvalue weighted by Gasteiger charge is -2.41. The molecule has 37 heavy (non-hydrogen) atoms. The summed E-state index contributed by atoms with van der Waals surface area (Å²) in [4.78, 5) is 52.8. The normalized spacial score (nSPS) is 19.2. The number of likely N-dealkylation sites (N-methyl/N-ethyl adjacent to an activating group) is 1. The summed E-state index contributed by atoms with van der Waals surface area (Å²) in [6.07, 6.45) is 4.13. The van der Waals surface area contributed by atoms with Crippen LogP contribution in [-0.4, -0.2) is 78.0 Å². The van der Waals surface area contributed by atoms with Gasteiger partial charge in [-0.3, -0.25) is 14.4 Å². The molecule has 2 amide bonds. The summed E-state index contributed by atoms with van der Waals surface area (Å²) >= 11 is 0. The van der Waals surface area contributed by atoms with Crippen molar-refractivity contribution in [2.24, 2.45) is 11.3 Å². The molecular formula is C27H41N5O5. The first-order valence-electron chi connectivity index (χ1n) is 13.2. The highest BCUT2D eigenvalue weighted by atomic mass is 16.6. The van der Waals surface area contributed by atoms with E-state index in [2.05, 4.69) is 20.4 Å². The van der Waals surface area contributed by atoms with Crippen LogP contribution >= 0.6 is 0 Å². The lowest BCUT2D eigenvalue weighted by Crippen LogP contribution is -2.49. The maximum atomic E-state index is 13.2. The van der Waals surface area contributed by atoms with Gasteiger partial charge in [0, 0.05) is 45.6 Å². The second kappa shape index (κ2) is 12.0. The van der Waals surface area contributed by atoms with Gasteiger partial charge in [-0.05, 0) is 71.9 Å². The number of esters is 1. The summed E-state index contributed by atoms with van der Waals surface area (Å²) in [6.45, 7) is 10.1. The maximum absolute atomic E-state index is 13.2. The number of likely N-dealkylation sites (tertiary alicyclic amines) is 1. The molecule has 1 N–H and O–H groups in total. The van der Waals surface area contributed by atoms with Crippen LogP contribution < -0.4 is 10.2 Å². The first kappa shape index (κ1) is 28.5. The molecule has 1 atom stereocenters. The fraction of sp³-hybridized carbons (Fsp3) is 0.704. The van der Waals surface area contributed by atoms with Gasteiger partial charge in [-0.25, -0.2) is 0 Å². The number of amides is 2. The van der Waals surface area contributed by atoms with Crippen molar-refractivity contribution < 1.29 is 23.9 Å². The lowest BCUT2D eigenvalue weighted by atomic mass is 9.79. The number of piperidine rings is 2.